The van der Waals surface area contributed by atoms with Crippen LogP contribution < -0.4 is 9.47 Å². The van der Waals surface area contributed by atoms with Crippen LogP contribution in [0.1, 0.15) is 24.8 Å². The van der Waals surface area contributed by atoms with Crippen molar-refractivity contribution in [2.75, 3.05) is 54.6 Å². The molecule has 5 heteroatoms. The van der Waals surface area contributed by atoms with Crippen molar-refractivity contribution in [1.82, 2.24) is 9.80 Å². The van der Waals surface area contributed by atoms with Gasteiger partial charge in [-0.05, 0) is 62.5 Å². The summed E-state index contributed by atoms with van der Waals surface area (Å²) in [6, 6.07) is 6.74. The second-order valence-electron chi connectivity index (χ2n) is 7.73. The highest BCUT2D eigenvalue weighted by Gasteiger charge is 2.43. The Hall–Kier alpha value is -1.30. The molecule has 0 N–H and O–H groups in total. The number of hydrogen-bond donors (Lipinski definition) is 0. The fraction of sp³-hybridized carbons (Fsp3) is 0.700. The van der Waals surface area contributed by atoms with Crippen LogP contribution >= 0.6 is 0 Å². The van der Waals surface area contributed by atoms with Crippen molar-refractivity contribution in [3.05, 3.63) is 23.8 Å². The van der Waals surface area contributed by atoms with Gasteiger partial charge in [0.2, 0.25) is 0 Å². The predicted octanol–water partition coefficient (Wildman–Crippen LogP) is 2.64. The Bertz CT molecular complexity index is 548. The van der Waals surface area contributed by atoms with Crippen molar-refractivity contribution in [3.8, 4) is 11.5 Å². The highest BCUT2D eigenvalue weighted by Crippen LogP contribution is 2.43. The van der Waals surface area contributed by atoms with Gasteiger partial charge in [0.15, 0.2) is 0 Å². The van der Waals surface area contributed by atoms with Gasteiger partial charge in [-0.1, -0.05) is 0 Å². The fourth-order valence-corrected chi connectivity index (χ4v) is 4.52. The highest BCUT2D eigenvalue weighted by atomic mass is 16.5. The molecule has 0 saturated carbocycles. The molecule has 0 bridgehead atoms. The molecule has 2 aliphatic heterocycles. The van der Waals surface area contributed by atoms with E-state index in [1.165, 1.54) is 31.4 Å². The second-order valence-corrected chi connectivity index (χ2v) is 7.73. The maximum atomic E-state index is 5.40. The van der Waals surface area contributed by atoms with Crippen molar-refractivity contribution in [2.24, 2.45) is 5.41 Å². The lowest BCUT2D eigenvalue weighted by molar-refractivity contribution is 0.104. The van der Waals surface area contributed by atoms with Crippen LogP contribution in [0.4, 0.5) is 0 Å². The number of likely N-dealkylation sites (N-methyl/N-ethyl adjacent to an activating group) is 1. The minimum Gasteiger partial charge on any atom is -0.497 e. The molecule has 140 valence electrons. The summed E-state index contributed by atoms with van der Waals surface area (Å²) in [5.74, 6) is 1.73. The van der Waals surface area contributed by atoms with Crippen LogP contribution in [0.3, 0.4) is 0 Å². The molecule has 25 heavy (non-hydrogen) atoms. The molecule has 2 heterocycles. The number of piperidine rings is 1. The van der Waals surface area contributed by atoms with Gasteiger partial charge in [0.25, 0.3) is 0 Å². The van der Waals surface area contributed by atoms with Crippen LogP contribution in [0.25, 0.3) is 0 Å². The van der Waals surface area contributed by atoms with E-state index in [9.17, 15) is 0 Å². The van der Waals surface area contributed by atoms with E-state index in [4.69, 9.17) is 14.2 Å². The molecule has 2 fully saturated rings. The van der Waals surface area contributed by atoms with Gasteiger partial charge >= 0.3 is 0 Å². The minimum absolute atomic E-state index is 0.487. The Kier molecular flexibility index (Phi) is 5.87. The molecule has 5 nitrogen and oxygen atoms in total. The number of methoxy groups -OCH3 is 3. The highest BCUT2D eigenvalue weighted by molar-refractivity contribution is 5.38. The minimum atomic E-state index is 0.487. The summed E-state index contributed by atoms with van der Waals surface area (Å²) in [7, 11) is 7.46. The molecule has 3 rings (SSSR count). The summed E-state index contributed by atoms with van der Waals surface area (Å²) < 4.78 is 16.2. The molecule has 1 aromatic carbocycles. The van der Waals surface area contributed by atoms with Crippen LogP contribution in [0.5, 0.6) is 11.5 Å². The van der Waals surface area contributed by atoms with Gasteiger partial charge in [-0.2, -0.15) is 0 Å². The number of nitrogens with zero attached hydrogens (tertiary/aromatic N) is 2. The number of rotatable bonds is 6. The monoisotopic (exact) mass is 348 g/mol. The van der Waals surface area contributed by atoms with E-state index in [0.29, 0.717) is 11.5 Å². The average molecular weight is 348 g/mol. The predicted molar refractivity (Wildman–Crippen MR) is 99.4 cm³/mol. The summed E-state index contributed by atoms with van der Waals surface area (Å²) in [4.78, 5) is 5.05. The van der Waals surface area contributed by atoms with Gasteiger partial charge in [0, 0.05) is 32.3 Å². The maximum absolute atomic E-state index is 5.40. The maximum Gasteiger partial charge on any atom is 0.122 e. The topological polar surface area (TPSA) is 34.2 Å². The SMILES string of the molecule is COC[C@@H]1CC2(CCN(Cc3cc(OC)cc(OC)c3)CC2)CN1C. The lowest BCUT2D eigenvalue weighted by Crippen LogP contribution is -2.40. The van der Waals surface area contributed by atoms with Crippen LogP contribution in [0.15, 0.2) is 18.2 Å². The van der Waals surface area contributed by atoms with Gasteiger partial charge < -0.3 is 19.1 Å². The van der Waals surface area contributed by atoms with E-state index in [1.54, 1.807) is 14.2 Å². The quantitative estimate of drug-likeness (QED) is 0.789. The van der Waals surface area contributed by atoms with Crippen LogP contribution in [-0.4, -0.2) is 70.5 Å². The van der Waals surface area contributed by atoms with Gasteiger partial charge in [-0.3, -0.25) is 4.90 Å². The smallest absolute Gasteiger partial charge is 0.122 e. The zero-order valence-electron chi connectivity index (χ0n) is 16.1. The van der Waals surface area contributed by atoms with E-state index in [2.05, 4.69) is 29.0 Å². The average Bonchev–Trinajstić information content (AvgIpc) is 2.92. The number of ether oxygens (including phenoxy) is 3. The first-order chi connectivity index (χ1) is 12.1. The van der Waals surface area contributed by atoms with Gasteiger partial charge in [-0.25, -0.2) is 0 Å². The first kappa shape index (κ1) is 18.5. The second kappa shape index (κ2) is 7.94. The van der Waals surface area contributed by atoms with Crippen molar-refractivity contribution in [1.29, 1.82) is 0 Å². The van der Waals surface area contributed by atoms with E-state index < -0.39 is 0 Å². The molecular formula is C20H32N2O3. The molecule has 0 radical (unpaired) electrons. The standard InChI is InChI=1S/C20H32N2O3/c1-21-15-20(12-17(21)14-23-2)5-7-22(8-6-20)13-16-9-18(24-3)11-19(10-16)25-4/h9-11,17H,5-8,12-15H2,1-4H3/t17-/m0/s1. The molecule has 0 aliphatic carbocycles. The zero-order chi connectivity index (χ0) is 17.9. The van der Waals surface area contributed by atoms with E-state index in [-0.39, 0.29) is 0 Å². The Morgan fingerprint density at radius 2 is 1.68 bits per heavy atom. The summed E-state index contributed by atoms with van der Waals surface area (Å²) in [6.07, 6.45) is 3.83. The number of likely N-dealkylation sites (tertiary alicyclic amines) is 2. The first-order valence-electron chi connectivity index (χ1n) is 9.21. The summed E-state index contributed by atoms with van der Waals surface area (Å²) in [5.41, 5.74) is 1.74. The molecule has 1 aromatic rings. The van der Waals surface area contributed by atoms with Gasteiger partial charge in [0.05, 0.1) is 20.8 Å². The zero-order valence-corrected chi connectivity index (χ0v) is 16.1. The van der Waals surface area contributed by atoms with Gasteiger partial charge in [-0.15, -0.1) is 0 Å². The van der Waals surface area contributed by atoms with E-state index in [0.717, 1.165) is 37.7 Å². The summed E-state index contributed by atoms with van der Waals surface area (Å²) in [6.45, 7) is 5.34. The molecular weight excluding hydrogens is 316 g/mol. The van der Waals surface area contributed by atoms with Crippen molar-refractivity contribution in [3.63, 3.8) is 0 Å². The number of hydrogen-bond acceptors (Lipinski definition) is 5. The fourth-order valence-electron chi connectivity index (χ4n) is 4.52. The molecule has 0 aromatic heterocycles. The third-order valence-corrected chi connectivity index (χ3v) is 5.97. The van der Waals surface area contributed by atoms with Crippen molar-refractivity contribution < 1.29 is 14.2 Å². The third kappa shape index (κ3) is 4.27. The first-order valence-corrected chi connectivity index (χ1v) is 9.21. The molecule has 0 unspecified atom stereocenters. The lowest BCUT2D eigenvalue weighted by atomic mass is 9.76. The molecule has 1 atom stereocenters. The van der Waals surface area contributed by atoms with Crippen LogP contribution in [-0.2, 0) is 11.3 Å². The third-order valence-electron chi connectivity index (χ3n) is 5.97. The van der Waals surface area contributed by atoms with Crippen LogP contribution in [0, 0.1) is 5.41 Å². The Balaban J connectivity index is 1.58. The lowest BCUT2D eigenvalue weighted by Gasteiger charge is -2.39. The van der Waals surface area contributed by atoms with Crippen molar-refractivity contribution >= 4 is 0 Å². The Morgan fingerprint density at radius 1 is 1.04 bits per heavy atom. The molecule has 1 spiro atoms. The molecule has 0 amide bonds. The van der Waals surface area contributed by atoms with Crippen molar-refractivity contribution in [2.45, 2.75) is 31.8 Å². The molecule has 2 saturated heterocycles. The summed E-state index contributed by atoms with van der Waals surface area (Å²) >= 11 is 0. The van der Waals surface area contributed by atoms with E-state index in [1.807, 2.05) is 13.2 Å². The normalized spacial score (nSPS) is 23.9. The summed E-state index contributed by atoms with van der Waals surface area (Å²) in [5, 5.41) is 0. The van der Waals surface area contributed by atoms with Crippen LogP contribution in [0.2, 0.25) is 0 Å². The Morgan fingerprint density at radius 3 is 2.24 bits per heavy atom. The Labute approximate surface area is 151 Å². The number of benzene rings is 1. The van der Waals surface area contributed by atoms with E-state index >= 15 is 0 Å². The largest absolute Gasteiger partial charge is 0.497 e. The van der Waals surface area contributed by atoms with Gasteiger partial charge in [0.1, 0.15) is 11.5 Å². The molecule has 2 aliphatic rings.